The van der Waals surface area contributed by atoms with E-state index in [4.69, 9.17) is 15.2 Å². The maximum Gasteiger partial charge on any atom is 0.339 e. The summed E-state index contributed by atoms with van der Waals surface area (Å²) in [6.07, 6.45) is 7.25. The van der Waals surface area contributed by atoms with E-state index < -0.39 is 11.5 Å². The zero-order chi connectivity index (χ0) is 33.2. The second-order valence-corrected chi connectivity index (χ2v) is 11.4. The molecular formula is C36H35FN6O4. The van der Waals surface area contributed by atoms with Crippen LogP contribution in [0.4, 0.5) is 10.1 Å². The maximum absolute atomic E-state index is 14.3. The molecule has 1 saturated carbocycles. The minimum atomic E-state index is -0.434. The monoisotopic (exact) mass is 634 g/mol. The highest BCUT2D eigenvalue weighted by Gasteiger charge is 2.25. The summed E-state index contributed by atoms with van der Waals surface area (Å²) in [6, 6.07) is 18.4. The number of hydrogen-bond acceptors (Lipinski definition) is 7. The smallest absolute Gasteiger partial charge is 0.339 e. The van der Waals surface area contributed by atoms with Gasteiger partial charge in [-0.2, -0.15) is 0 Å². The first-order chi connectivity index (χ1) is 22.7. The van der Waals surface area contributed by atoms with Crippen LogP contribution in [-0.4, -0.2) is 53.7 Å². The summed E-state index contributed by atoms with van der Waals surface area (Å²) < 4.78 is 28.0. The van der Waals surface area contributed by atoms with Crippen molar-refractivity contribution in [3.05, 3.63) is 124 Å². The molecule has 0 spiro atoms. The molecule has 3 aromatic carbocycles. The van der Waals surface area contributed by atoms with Crippen LogP contribution >= 0.6 is 0 Å². The Kier molecular flexibility index (Phi) is 8.67. The Labute approximate surface area is 271 Å². The Morgan fingerprint density at radius 3 is 2.51 bits per heavy atom. The van der Waals surface area contributed by atoms with Crippen molar-refractivity contribution in [1.82, 2.24) is 14.0 Å². The molecule has 0 atom stereocenters. The molecule has 1 aliphatic carbocycles. The highest BCUT2D eigenvalue weighted by molar-refractivity contribution is 6.02. The predicted molar refractivity (Wildman–Crippen MR) is 178 cm³/mol. The van der Waals surface area contributed by atoms with Gasteiger partial charge in [0.15, 0.2) is 5.49 Å². The number of methoxy groups -OCH3 is 1. The Morgan fingerprint density at radius 2 is 1.81 bits per heavy atom. The van der Waals surface area contributed by atoms with Crippen molar-refractivity contribution >= 4 is 17.3 Å². The molecule has 11 heteroatoms. The van der Waals surface area contributed by atoms with Crippen LogP contribution in [0.5, 0.6) is 17.2 Å². The Morgan fingerprint density at radius 1 is 1.06 bits per heavy atom. The second kappa shape index (κ2) is 13.0. The van der Waals surface area contributed by atoms with Crippen molar-refractivity contribution < 1.29 is 18.7 Å². The van der Waals surface area contributed by atoms with Crippen LogP contribution in [0.3, 0.4) is 0 Å². The summed E-state index contributed by atoms with van der Waals surface area (Å²) in [5, 5.41) is 0.386. The number of anilines is 1. The van der Waals surface area contributed by atoms with Crippen molar-refractivity contribution in [1.29, 1.82) is 0 Å². The Bertz CT molecular complexity index is 2140. The minimum absolute atomic E-state index is 0.237. The number of nitrogens with zero attached hydrogens (tertiary/aromatic N) is 5. The van der Waals surface area contributed by atoms with Gasteiger partial charge in [-0.25, -0.2) is 18.7 Å². The van der Waals surface area contributed by atoms with Gasteiger partial charge >= 0.3 is 5.69 Å². The summed E-state index contributed by atoms with van der Waals surface area (Å²) in [5.41, 5.74) is 11.9. The normalized spacial score (nSPS) is 14.1. The number of halogens is 1. The van der Waals surface area contributed by atoms with Gasteiger partial charge in [0.05, 0.1) is 36.1 Å². The lowest BCUT2D eigenvalue weighted by Crippen LogP contribution is -2.36. The zero-order valence-electron chi connectivity index (χ0n) is 26.6. The number of aromatic nitrogens is 2. The summed E-state index contributed by atoms with van der Waals surface area (Å²) in [5.74, 6) is 0.614. The summed E-state index contributed by atoms with van der Waals surface area (Å²) in [7, 11) is 5.23. The highest BCUT2D eigenvalue weighted by Crippen LogP contribution is 2.30. The van der Waals surface area contributed by atoms with Crippen molar-refractivity contribution in [2.75, 3.05) is 32.6 Å². The van der Waals surface area contributed by atoms with E-state index in [0.717, 1.165) is 0 Å². The van der Waals surface area contributed by atoms with Gasteiger partial charge < -0.3 is 20.1 Å². The SMILES string of the molecule is COc1ccc(-n2c3c(n(-c4ccc(Oc5cccc(F)c5)cc4)c2=O)=C(N)C(C)=C=CN=3)cc1N(C)C(=O)/C=C/CN(C)C1CC1. The second-order valence-electron chi connectivity index (χ2n) is 11.4. The summed E-state index contributed by atoms with van der Waals surface area (Å²) in [6.45, 7) is 2.47. The molecule has 1 amide bonds. The van der Waals surface area contributed by atoms with Crippen LogP contribution in [0.25, 0.3) is 17.1 Å². The molecule has 240 valence electrons. The molecule has 4 aromatic rings. The molecule has 1 aliphatic heterocycles. The molecule has 0 bridgehead atoms. The third-order valence-corrected chi connectivity index (χ3v) is 8.22. The molecule has 6 rings (SSSR count). The molecule has 1 fully saturated rings. The number of nitrogens with two attached hydrogens (primary N) is 1. The van der Waals surface area contributed by atoms with Crippen molar-refractivity contribution in [2.24, 2.45) is 10.7 Å². The van der Waals surface area contributed by atoms with Crippen LogP contribution in [0.1, 0.15) is 19.8 Å². The number of carbonyl (C=O) groups excluding carboxylic acids is 1. The first kappa shape index (κ1) is 31.3. The maximum atomic E-state index is 14.3. The van der Waals surface area contributed by atoms with Gasteiger partial charge in [0.1, 0.15) is 28.4 Å². The van der Waals surface area contributed by atoms with Crippen molar-refractivity contribution in [2.45, 2.75) is 25.8 Å². The fraction of sp³-hybridized carbons (Fsp3) is 0.222. The lowest BCUT2D eigenvalue weighted by Gasteiger charge is -2.20. The molecule has 10 nitrogen and oxygen atoms in total. The molecule has 0 radical (unpaired) electrons. The van der Waals surface area contributed by atoms with E-state index in [1.807, 2.05) is 13.1 Å². The zero-order valence-corrected chi connectivity index (χ0v) is 26.6. The largest absolute Gasteiger partial charge is 0.495 e. The Hall–Kier alpha value is -5.64. The first-order valence-corrected chi connectivity index (χ1v) is 15.2. The third kappa shape index (κ3) is 6.40. The lowest BCUT2D eigenvalue weighted by atomic mass is 10.2. The molecule has 2 heterocycles. The highest BCUT2D eigenvalue weighted by atomic mass is 19.1. The molecule has 1 aromatic heterocycles. The van der Waals surface area contributed by atoms with E-state index in [1.165, 1.54) is 52.3 Å². The molecule has 47 heavy (non-hydrogen) atoms. The quantitative estimate of drug-likeness (QED) is 0.209. The number of carbonyl (C=O) groups is 1. The number of likely N-dealkylation sites (N-methyl/N-ethyl adjacent to an activating group) is 2. The number of imidazole rings is 1. The average molecular weight is 635 g/mol. The lowest BCUT2D eigenvalue weighted by molar-refractivity contribution is -0.113. The molecule has 0 saturated heterocycles. The first-order valence-electron chi connectivity index (χ1n) is 15.2. The van der Waals surface area contributed by atoms with Crippen LogP contribution in [0.15, 0.2) is 106 Å². The summed E-state index contributed by atoms with van der Waals surface area (Å²) in [4.78, 5) is 35.8. The van der Waals surface area contributed by atoms with Crippen LogP contribution in [-0.2, 0) is 4.79 Å². The molecule has 2 N–H and O–H groups in total. The average Bonchev–Trinajstić information content (AvgIpc) is 3.89. The van der Waals surface area contributed by atoms with Crippen LogP contribution in [0.2, 0.25) is 0 Å². The molecule has 2 aliphatic rings. The van der Waals surface area contributed by atoms with Gasteiger partial charge in [-0.15, -0.1) is 0 Å². The number of ether oxygens (including phenoxy) is 2. The van der Waals surface area contributed by atoms with Gasteiger partial charge in [0.25, 0.3) is 5.91 Å². The van der Waals surface area contributed by atoms with E-state index in [-0.39, 0.29) is 5.91 Å². The minimum Gasteiger partial charge on any atom is -0.495 e. The van der Waals surface area contributed by atoms with Crippen LogP contribution in [0, 0.1) is 5.82 Å². The van der Waals surface area contributed by atoms with Crippen LogP contribution < -0.4 is 36.6 Å². The van der Waals surface area contributed by atoms with Gasteiger partial charge in [-0.3, -0.25) is 14.3 Å². The third-order valence-electron chi connectivity index (χ3n) is 8.22. The van der Waals surface area contributed by atoms with Crippen molar-refractivity contribution in [3.63, 3.8) is 0 Å². The number of benzene rings is 3. The van der Waals surface area contributed by atoms with Crippen molar-refractivity contribution in [3.8, 4) is 28.6 Å². The van der Waals surface area contributed by atoms with E-state index in [1.54, 1.807) is 74.6 Å². The van der Waals surface area contributed by atoms with Gasteiger partial charge in [-0.05, 0) is 81.4 Å². The fourth-order valence-corrected chi connectivity index (χ4v) is 5.39. The standard InChI is InChI=1S/C36H35FN6O4/c1-23-18-19-39-35-34(33(23)38)42(26-12-15-28(16-13-26)47-29-8-5-7-24(37)21-29)36(45)43(35)27-14-17-31(46-4)30(22-27)41(3)32(44)9-6-20-40(2)25-10-11-25/h5-9,12-17,19,21-22,25H,10-11,20,38H2,1-4H3/b9-6+. The predicted octanol–water partition coefficient (Wildman–Crippen LogP) is 3.94. The van der Waals surface area contributed by atoms with E-state index in [0.29, 0.717) is 69.0 Å². The van der Waals surface area contributed by atoms with Gasteiger partial charge in [-0.1, -0.05) is 17.9 Å². The number of amides is 1. The van der Waals surface area contributed by atoms with E-state index in [9.17, 15) is 14.0 Å². The Balaban J connectivity index is 1.41. The van der Waals surface area contributed by atoms with E-state index in [2.05, 4.69) is 15.6 Å². The molecule has 0 unspecified atom stereocenters. The molecular weight excluding hydrogens is 599 g/mol. The fourth-order valence-electron chi connectivity index (χ4n) is 5.39. The summed E-state index contributed by atoms with van der Waals surface area (Å²) >= 11 is 0. The van der Waals surface area contributed by atoms with Gasteiger partial charge in [0.2, 0.25) is 0 Å². The number of rotatable bonds is 10. The van der Waals surface area contributed by atoms with E-state index >= 15 is 0 Å². The topological polar surface area (TPSA) is 107 Å². The van der Waals surface area contributed by atoms with Gasteiger partial charge in [0, 0.05) is 37.3 Å². The number of hydrogen-bond donors (Lipinski definition) is 1. The number of fused-ring (bicyclic) bond motifs is 1.